The zero-order chi connectivity index (χ0) is 10.4. The molecule has 0 saturated carbocycles. The fraction of sp³-hybridized carbons (Fsp3) is 0.200. The molecule has 0 spiro atoms. The molecule has 0 aliphatic rings. The van der Waals surface area contributed by atoms with Gasteiger partial charge >= 0.3 is 5.85 Å². The van der Waals surface area contributed by atoms with Crippen LogP contribution >= 0.6 is 63.1 Å². The Kier molecular flexibility index (Phi) is 8.58. The number of alkyl halides is 3. The smallest absolute Gasteiger partial charge is 0.285 e. The fourth-order valence-electron chi connectivity index (χ4n) is 0. The first-order chi connectivity index (χ1) is 5.16. The first-order valence-corrected chi connectivity index (χ1v) is 7.11. The van der Waals surface area contributed by atoms with Crippen molar-refractivity contribution in [1.82, 2.24) is 0 Å². The summed E-state index contributed by atoms with van der Waals surface area (Å²) in [5.74, 6) is -3.61. The van der Waals surface area contributed by atoms with Crippen molar-refractivity contribution in [3.63, 3.8) is 0 Å². The monoisotopic (exact) mass is 288 g/mol. The van der Waals surface area contributed by atoms with Crippen molar-refractivity contribution in [3.8, 4) is 0 Å². The largest absolute Gasteiger partial charge is 0.302 e. The summed E-state index contributed by atoms with van der Waals surface area (Å²) >= 11 is 24.9. The quantitative estimate of drug-likeness (QED) is 0.362. The first kappa shape index (κ1) is 15.6. The minimum absolute atomic E-state index is 1.64. The molecular weight excluding hydrogens is 284 g/mol. The Hall–Kier alpha value is 1.16. The standard InChI is InChI=1S/C4H6.CCl5OP/c1-3-4-2;2-1(3,4)8(5,6)7/h3-4H,1-2H2;. The van der Waals surface area contributed by atoms with Gasteiger partial charge in [-0.3, -0.25) is 4.57 Å². The molecule has 0 aromatic rings. The van der Waals surface area contributed by atoms with E-state index in [9.17, 15) is 4.57 Å². The van der Waals surface area contributed by atoms with Crippen molar-refractivity contribution in [2.45, 2.75) is 3.53 Å². The topological polar surface area (TPSA) is 17.1 Å². The summed E-state index contributed by atoms with van der Waals surface area (Å²) in [7, 11) is 0. The van der Waals surface area contributed by atoms with Gasteiger partial charge in [0, 0.05) is 0 Å². The molecule has 0 aliphatic heterocycles. The first-order valence-electron chi connectivity index (χ1n) is 2.46. The molecule has 0 N–H and O–H groups in total. The average Bonchev–Trinajstić information content (AvgIpc) is 1.84. The van der Waals surface area contributed by atoms with E-state index in [1.54, 1.807) is 12.2 Å². The van der Waals surface area contributed by atoms with Crippen LogP contribution in [0, 0.1) is 0 Å². The van der Waals surface area contributed by atoms with Gasteiger partial charge in [0.15, 0.2) is 0 Å². The SMILES string of the molecule is C=CC=C.O=P(Cl)(Cl)C(Cl)(Cl)Cl. The van der Waals surface area contributed by atoms with Crippen molar-refractivity contribution in [1.29, 1.82) is 0 Å². The van der Waals surface area contributed by atoms with Gasteiger partial charge in [0.2, 0.25) is 0 Å². The van der Waals surface area contributed by atoms with Crippen LogP contribution in [0.25, 0.3) is 0 Å². The van der Waals surface area contributed by atoms with E-state index in [-0.39, 0.29) is 0 Å². The minimum Gasteiger partial charge on any atom is -0.285 e. The van der Waals surface area contributed by atoms with Crippen LogP contribution in [-0.2, 0) is 4.57 Å². The molecule has 0 aromatic heterocycles. The van der Waals surface area contributed by atoms with Crippen LogP contribution in [0.1, 0.15) is 0 Å². The molecule has 0 atom stereocenters. The summed E-state index contributed by atoms with van der Waals surface area (Å²) in [4.78, 5) is 0. The van der Waals surface area contributed by atoms with Gasteiger partial charge in [0.05, 0.1) is 0 Å². The molecule has 0 aromatic carbocycles. The molecule has 1 nitrogen and oxygen atoms in total. The lowest BCUT2D eigenvalue weighted by Gasteiger charge is -2.09. The van der Waals surface area contributed by atoms with Crippen LogP contribution < -0.4 is 0 Å². The zero-order valence-corrected chi connectivity index (χ0v) is 10.5. The molecule has 7 heteroatoms. The number of halogens is 5. The highest BCUT2D eigenvalue weighted by Crippen LogP contribution is 2.72. The lowest BCUT2D eigenvalue weighted by molar-refractivity contribution is 0.593. The van der Waals surface area contributed by atoms with E-state index in [0.717, 1.165) is 0 Å². The molecule has 0 fully saturated rings. The second kappa shape index (κ2) is 6.59. The molecule has 72 valence electrons. The van der Waals surface area contributed by atoms with Crippen LogP contribution in [-0.4, -0.2) is 3.53 Å². The Labute approximate surface area is 96.2 Å². The highest BCUT2D eigenvalue weighted by molar-refractivity contribution is 8.12. The number of rotatable bonds is 1. The fourth-order valence-corrected chi connectivity index (χ4v) is 0. The van der Waals surface area contributed by atoms with Gasteiger partial charge in [-0.25, -0.2) is 0 Å². The van der Waals surface area contributed by atoms with Gasteiger partial charge in [-0.2, -0.15) is 0 Å². The van der Waals surface area contributed by atoms with E-state index in [2.05, 4.69) is 13.2 Å². The number of hydrogen-bond acceptors (Lipinski definition) is 1. The summed E-state index contributed by atoms with van der Waals surface area (Å²) in [6, 6.07) is 0. The number of hydrogen-bond donors (Lipinski definition) is 0. The van der Waals surface area contributed by atoms with E-state index in [4.69, 9.17) is 57.3 Å². The minimum atomic E-state index is -3.61. The lowest BCUT2D eigenvalue weighted by Crippen LogP contribution is -1.92. The molecule has 0 amide bonds. The predicted molar refractivity (Wildman–Crippen MR) is 60.0 cm³/mol. The summed E-state index contributed by atoms with van der Waals surface area (Å²) in [5, 5.41) is 0. The van der Waals surface area contributed by atoms with Gasteiger partial charge in [0.1, 0.15) is 0 Å². The summed E-state index contributed by atoms with van der Waals surface area (Å²) in [6.07, 6.45) is 3.28. The average molecular weight is 290 g/mol. The van der Waals surface area contributed by atoms with Crippen molar-refractivity contribution in [3.05, 3.63) is 25.3 Å². The molecule has 0 aliphatic carbocycles. The molecule has 12 heavy (non-hydrogen) atoms. The van der Waals surface area contributed by atoms with Crippen LogP contribution in [0.2, 0.25) is 0 Å². The van der Waals surface area contributed by atoms with Gasteiger partial charge < -0.3 is 0 Å². The molecule has 0 rings (SSSR count). The van der Waals surface area contributed by atoms with E-state index < -0.39 is 9.38 Å². The van der Waals surface area contributed by atoms with Crippen LogP contribution in [0.4, 0.5) is 0 Å². The van der Waals surface area contributed by atoms with Gasteiger partial charge in [-0.15, -0.1) is 0 Å². The summed E-state index contributed by atoms with van der Waals surface area (Å²) in [6.45, 7) is 6.72. The molecular formula is C5H6Cl5OP. The van der Waals surface area contributed by atoms with Crippen LogP contribution in [0.15, 0.2) is 25.3 Å². The normalized spacial score (nSPS) is 11.1. The van der Waals surface area contributed by atoms with Crippen molar-refractivity contribution >= 4 is 63.1 Å². The second-order valence-corrected chi connectivity index (χ2v) is 9.44. The van der Waals surface area contributed by atoms with E-state index >= 15 is 0 Å². The summed E-state index contributed by atoms with van der Waals surface area (Å²) in [5.41, 5.74) is 0. The third-order valence-corrected chi connectivity index (χ3v) is 6.27. The van der Waals surface area contributed by atoms with Gasteiger partial charge in [-0.1, -0.05) is 60.1 Å². The predicted octanol–water partition coefficient (Wildman–Crippen LogP) is 5.34. The van der Waals surface area contributed by atoms with Crippen LogP contribution in [0.3, 0.4) is 0 Å². The summed E-state index contributed by atoms with van der Waals surface area (Å²) < 4.78 is 8.31. The van der Waals surface area contributed by atoms with Gasteiger partial charge in [-0.05, 0) is 22.5 Å². The van der Waals surface area contributed by atoms with Crippen molar-refractivity contribution < 1.29 is 4.57 Å². The van der Waals surface area contributed by atoms with Gasteiger partial charge in [0.25, 0.3) is 3.53 Å². The number of allylic oxidation sites excluding steroid dienone is 2. The van der Waals surface area contributed by atoms with Crippen molar-refractivity contribution in [2.75, 3.05) is 0 Å². The maximum atomic E-state index is 10.4. The Balaban J connectivity index is 0. The Morgan fingerprint density at radius 1 is 1.08 bits per heavy atom. The molecule has 0 saturated heterocycles. The zero-order valence-electron chi connectivity index (χ0n) is 5.81. The Bertz CT molecular complexity index is 185. The Morgan fingerprint density at radius 3 is 1.25 bits per heavy atom. The maximum absolute atomic E-state index is 10.4. The van der Waals surface area contributed by atoms with E-state index in [1.807, 2.05) is 0 Å². The van der Waals surface area contributed by atoms with Crippen molar-refractivity contribution in [2.24, 2.45) is 0 Å². The van der Waals surface area contributed by atoms with E-state index in [1.165, 1.54) is 0 Å². The molecule has 0 unspecified atom stereocenters. The third-order valence-electron chi connectivity index (χ3n) is 0.462. The maximum Gasteiger partial charge on any atom is 0.302 e. The second-order valence-electron chi connectivity index (χ2n) is 1.40. The molecule has 0 radical (unpaired) electrons. The molecule has 0 bridgehead atoms. The highest BCUT2D eigenvalue weighted by atomic mass is 35.9. The molecule has 0 heterocycles. The van der Waals surface area contributed by atoms with Crippen LogP contribution in [0.5, 0.6) is 0 Å². The lowest BCUT2D eigenvalue weighted by atomic mass is 10.6. The van der Waals surface area contributed by atoms with E-state index in [0.29, 0.717) is 0 Å². The highest BCUT2D eigenvalue weighted by Gasteiger charge is 2.40. The Morgan fingerprint density at radius 2 is 1.25 bits per heavy atom. The third kappa shape index (κ3) is 9.25.